The topological polar surface area (TPSA) is 148 Å². The van der Waals surface area contributed by atoms with Crippen molar-refractivity contribution < 1.29 is 41.3 Å². The van der Waals surface area contributed by atoms with Gasteiger partial charge in [-0.25, -0.2) is 0 Å². The van der Waals surface area contributed by atoms with Crippen molar-refractivity contribution in [2.75, 3.05) is 34.0 Å². The van der Waals surface area contributed by atoms with Crippen LogP contribution >= 0.6 is 0 Å². The minimum atomic E-state index is -4.16. The zero-order valence-electron chi connectivity index (χ0n) is 33.5. The molecule has 0 spiro atoms. The van der Waals surface area contributed by atoms with E-state index in [9.17, 15) is 23.1 Å². The largest absolute Gasteiger partial charge is 0.466 e. The highest BCUT2D eigenvalue weighted by Gasteiger charge is 2.28. The summed E-state index contributed by atoms with van der Waals surface area (Å²) < 4.78 is 40.6. The molecule has 0 aromatic heterocycles. The Morgan fingerprint density at radius 2 is 0.804 bits per heavy atom. The molecule has 0 unspecified atom stereocenters. The number of carbonyl (C=O) groups excluding carboxylic acids is 2. The van der Waals surface area contributed by atoms with Gasteiger partial charge in [0.15, 0.2) is 0 Å². The Hall–Kier alpha value is -1.27. The summed E-state index contributed by atoms with van der Waals surface area (Å²) in [5.41, 5.74) is -0.619. The van der Waals surface area contributed by atoms with E-state index < -0.39 is 15.9 Å². The maximum absolute atomic E-state index is 12.2. The zero-order valence-corrected chi connectivity index (χ0v) is 34.3. The van der Waals surface area contributed by atoms with Gasteiger partial charge >= 0.3 is 22.3 Å². The molecule has 0 rings (SSSR count). The fourth-order valence-electron chi connectivity index (χ4n) is 6.05. The van der Waals surface area contributed by atoms with E-state index in [0.717, 1.165) is 32.8 Å². The summed E-state index contributed by atoms with van der Waals surface area (Å²) in [6.45, 7) is 4.94. The lowest BCUT2D eigenvalue weighted by Gasteiger charge is -2.31. The summed E-state index contributed by atoms with van der Waals surface area (Å²) in [7, 11) is -1.50. The van der Waals surface area contributed by atoms with Crippen LogP contribution in [0.1, 0.15) is 206 Å². The Morgan fingerprint density at radius 1 is 0.549 bits per heavy atom. The van der Waals surface area contributed by atoms with Gasteiger partial charge in [0.25, 0.3) is 0 Å². The number of nitrogens with one attached hydrogen (secondary N) is 1. The monoisotopic (exact) mass is 752 g/mol. The molecular weight excluding hydrogens is 671 g/mol. The molecule has 0 saturated carbocycles. The van der Waals surface area contributed by atoms with Crippen LogP contribution in [0.4, 0.5) is 0 Å². The maximum Gasteiger partial charge on any atom is 0.397 e. The lowest BCUT2D eigenvalue weighted by atomic mass is 9.93. The molecule has 306 valence electrons. The summed E-state index contributed by atoms with van der Waals surface area (Å²) >= 11 is 0. The van der Waals surface area contributed by atoms with Crippen LogP contribution in [0.25, 0.3) is 0 Å². The SMILES string of the molecule is CCCCCCCCCCCCCCCC(=O)OCCC(CO)(CCOC(=O)CCCCCCCCCCCCCCC)NC.COS(=O)(=O)O. The van der Waals surface area contributed by atoms with Gasteiger partial charge in [-0.1, -0.05) is 168 Å². The highest BCUT2D eigenvalue weighted by molar-refractivity contribution is 7.80. The summed E-state index contributed by atoms with van der Waals surface area (Å²) in [6, 6.07) is 0. The smallest absolute Gasteiger partial charge is 0.397 e. The molecule has 0 amide bonds. The van der Waals surface area contributed by atoms with Crippen molar-refractivity contribution in [1.82, 2.24) is 5.32 Å². The average Bonchev–Trinajstić information content (AvgIpc) is 3.11. The van der Waals surface area contributed by atoms with Gasteiger partial charge in [-0.05, 0) is 19.9 Å². The first-order valence-corrected chi connectivity index (χ1v) is 22.1. The van der Waals surface area contributed by atoms with Crippen LogP contribution in [-0.4, -0.2) is 69.5 Å². The Labute approximate surface area is 314 Å². The Balaban J connectivity index is 0. The number of ether oxygens (including phenoxy) is 2. The molecule has 11 heteroatoms. The average molecular weight is 752 g/mol. The Kier molecular flexibility index (Phi) is 39.1. The standard InChI is InChI=1S/C39H77NO5.CH4O4S/c1-4-6-8-10-12-14-16-18-20-22-24-26-28-30-37(42)44-34-32-39(36-41,40-3)33-35-45-38(43)31-29-27-25-23-21-19-17-15-13-11-9-7-5-2;1-5-6(2,3)4/h40-41H,4-36H2,1-3H3;1H3,(H,2,3,4). The van der Waals surface area contributed by atoms with E-state index in [1.165, 1.54) is 141 Å². The van der Waals surface area contributed by atoms with Crippen LogP contribution in [0.3, 0.4) is 0 Å². The molecule has 0 fully saturated rings. The van der Waals surface area contributed by atoms with E-state index in [0.29, 0.717) is 25.7 Å². The molecule has 3 N–H and O–H groups in total. The van der Waals surface area contributed by atoms with E-state index >= 15 is 0 Å². The van der Waals surface area contributed by atoms with Crippen LogP contribution in [0.15, 0.2) is 0 Å². The van der Waals surface area contributed by atoms with Crippen LogP contribution in [0, 0.1) is 0 Å². The fourth-order valence-corrected chi connectivity index (χ4v) is 6.05. The van der Waals surface area contributed by atoms with Crippen LogP contribution in [0.5, 0.6) is 0 Å². The Morgan fingerprint density at radius 3 is 1.02 bits per heavy atom. The lowest BCUT2D eigenvalue weighted by molar-refractivity contribution is -0.144. The van der Waals surface area contributed by atoms with Gasteiger partial charge in [0.1, 0.15) is 0 Å². The van der Waals surface area contributed by atoms with Gasteiger partial charge in [0.05, 0.1) is 26.9 Å². The molecule has 0 atom stereocenters. The molecule has 0 aliphatic carbocycles. The number of carbonyl (C=O) groups is 2. The molecule has 51 heavy (non-hydrogen) atoms. The number of aliphatic hydroxyl groups excluding tert-OH is 1. The van der Waals surface area contributed by atoms with Crippen molar-refractivity contribution >= 4 is 22.3 Å². The summed E-state index contributed by atoms with van der Waals surface area (Å²) in [5, 5.41) is 13.2. The van der Waals surface area contributed by atoms with Crippen molar-refractivity contribution in [3.63, 3.8) is 0 Å². The molecule has 0 radical (unpaired) electrons. The van der Waals surface area contributed by atoms with Gasteiger partial charge in [-0.15, -0.1) is 0 Å². The van der Waals surface area contributed by atoms with Crippen molar-refractivity contribution in [1.29, 1.82) is 0 Å². The highest BCUT2D eigenvalue weighted by Crippen LogP contribution is 2.17. The molecule has 0 saturated heterocycles. The minimum absolute atomic E-state index is 0.101. The zero-order chi connectivity index (χ0) is 38.3. The fraction of sp³-hybridized carbons (Fsp3) is 0.950. The molecule has 0 bridgehead atoms. The maximum atomic E-state index is 12.2. The molecule has 0 aromatic rings. The lowest BCUT2D eigenvalue weighted by Crippen LogP contribution is -2.48. The number of hydrogen-bond donors (Lipinski definition) is 3. The third-order valence-electron chi connectivity index (χ3n) is 9.70. The van der Waals surface area contributed by atoms with Crippen molar-refractivity contribution in [2.24, 2.45) is 0 Å². The second-order valence-corrected chi connectivity index (χ2v) is 15.4. The van der Waals surface area contributed by atoms with Crippen molar-refractivity contribution in [3.05, 3.63) is 0 Å². The minimum Gasteiger partial charge on any atom is -0.466 e. The molecule has 0 aromatic carbocycles. The van der Waals surface area contributed by atoms with Crippen molar-refractivity contribution in [2.45, 2.75) is 212 Å². The van der Waals surface area contributed by atoms with Crippen molar-refractivity contribution in [3.8, 4) is 0 Å². The van der Waals surface area contributed by atoms with Crippen LogP contribution < -0.4 is 5.32 Å². The first kappa shape index (κ1) is 51.8. The second kappa shape index (κ2) is 38.5. The van der Waals surface area contributed by atoms with Crippen LogP contribution in [-0.2, 0) is 33.6 Å². The summed E-state index contributed by atoms with van der Waals surface area (Å²) in [5.74, 6) is -0.324. The first-order valence-electron chi connectivity index (χ1n) is 20.7. The number of hydrogen-bond acceptors (Lipinski definition) is 9. The second-order valence-electron chi connectivity index (χ2n) is 14.2. The quantitative estimate of drug-likeness (QED) is 0.0318. The molecular formula is C40H81NO9S. The third kappa shape index (κ3) is 39.8. The predicted octanol–water partition coefficient (Wildman–Crippen LogP) is 10.2. The first-order chi connectivity index (χ1) is 24.6. The van der Waals surface area contributed by atoms with E-state index in [4.69, 9.17) is 14.0 Å². The van der Waals surface area contributed by atoms with Gasteiger partial charge < -0.3 is 19.9 Å². The number of rotatable bonds is 37. The molecule has 0 aliphatic rings. The van der Waals surface area contributed by atoms with E-state index in [1.54, 1.807) is 7.05 Å². The normalized spacial score (nSPS) is 11.6. The predicted molar refractivity (Wildman–Crippen MR) is 209 cm³/mol. The number of aliphatic hydroxyl groups is 1. The Bertz CT molecular complexity index is 816. The summed E-state index contributed by atoms with van der Waals surface area (Å²) in [6.07, 6.45) is 35.2. The van der Waals surface area contributed by atoms with Gasteiger partial charge in [0.2, 0.25) is 0 Å². The number of esters is 2. The third-order valence-corrected chi connectivity index (χ3v) is 10.1. The van der Waals surface area contributed by atoms with Crippen LogP contribution in [0.2, 0.25) is 0 Å². The highest BCUT2D eigenvalue weighted by atomic mass is 32.3. The molecule has 0 aliphatic heterocycles. The number of unbranched alkanes of at least 4 members (excludes halogenated alkanes) is 24. The molecule has 0 heterocycles. The van der Waals surface area contributed by atoms with E-state index in [2.05, 4.69) is 23.3 Å². The van der Waals surface area contributed by atoms with E-state index in [1.807, 2.05) is 0 Å². The number of likely N-dealkylation sites (N-methyl/N-ethyl adjacent to an activating group) is 1. The van der Waals surface area contributed by atoms with Gasteiger partial charge in [-0.3, -0.25) is 18.3 Å². The summed E-state index contributed by atoms with van der Waals surface area (Å²) in [4.78, 5) is 24.4. The van der Waals surface area contributed by atoms with Gasteiger partial charge in [-0.2, -0.15) is 8.42 Å². The van der Waals surface area contributed by atoms with Gasteiger partial charge in [0, 0.05) is 31.2 Å². The molecule has 10 nitrogen and oxygen atoms in total. The van der Waals surface area contributed by atoms with E-state index in [-0.39, 0.29) is 31.8 Å².